The van der Waals surface area contributed by atoms with Crippen LogP contribution in [0.5, 0.6) is 0 Å². The molecule has 29 heavy (non-hydrogen) atoms. The maximum atomic E-state index is 12.6. The van der Waals surface area contributed by atoms with Crippen LogP contribution in [0.4, 0.5) is 11.9 Å². The van der Waals surface area contributed by atoms with Crippen molar-refractivity contribution in [2.75, 3.05) is 5.32 Å². The molecule has 4 aromatic rings. The highest BCUT2D eigenvalue weighted by Crippen LogP contribution is 2.34. The van der Waals surface area contributed by atoms with Crippen LogP contribution in [0.2, 0.25) is 0 Å². The first-order valence-electron chi connectivity index (χ1n) is 9.52. The molecule has 0 bridgehead atoms. The van der Waals surface area contributed by atoms with Crippen molar-refractivity contribution >= 4 is 39.9 Å². The van der Waals surface area contributed by atoms with E-state index >= 15 is 0 Å². The number of carbonyl (C=O) groups is 1. The summed E-state index contributed by atoms with van der Waals surface area (Å²) in [6, 6.07) is 10.2. The van der Waals surface area contributed by atoms with Crippen molar-refractivity contribution in [3.63, 3.8) is 0 Å². The minimum Gasteiger partial charge on any atom is -0.294 e. The van der Waals surface area contributed by atoms with E-state index in [-0.39, 0.29) is 11.7 Å². The fraction of sp³-hybridized carbons (Fsp3) is 0.227. The van der Waals surface area contributed by atoms with Crippen LogP contribution in [-0.4, -0.2) is 25.7 Å². The van der Waals surface area contributed by atoms with Gasteiger partial charge in [0.1, 0.15) is 0 Å². The van der Waals surface area contributed by atoms with Crippen LogP contribution in [0.1, 0.15) is 44.5 Å². The maximum Gasteiger partial charge on any atom is 0.230 e. The van der Waals surface area contributed by atoms with Crippen LogP contribution in [0.25, 0.3) is 10.9 Å². The number of aryl methyl sites for hydroxylation is 2. The summed E-state index contributed by atoms with van der Waals surface area (Å²) in [7, 11) is 0. The van der Waals surface area contributed by atoms with E-state index in [4.69, 9.17) is 0 Å². The number of carbonyl (C=O) groups excluding carboxylic acids is 1. The van der Waals surface area contributed by atoms with Crippen LogP contribution < -0.4 is 5.32 Å². The van der Waals surface area contributed by atoms with Gasteiger partial charge < -0.3 is 0 Å². The van der Waals surface area contributed by atoms with Gasteiger partial charge in [-0.2, -0.15) is 0 Å². The van der Waals surface area contributed by atoms with Gasteiger partial charge in [-0.05, 0) is 37.3 Å². The summed E-state index contributed by atoms with van der Waals surface area (Å²) in [5.74, 6) is 1.15. The molecule has 144 valence electrons. The Labute approximate surface area is 172 Å². The number of ketones is 1. The number of aromatic nitrogens is 4. The highest BCUT2D eigenvalue weighted by Gasteiger charge is 2.28. The number of anilines is 2. The number of fused-ring (bicyclic) bond motifs is 2. The van der Waals surface area contributed by atoms with Crippen molar-refractivity contribution in [3.05, 3.63) is 69.3 Å². The number of rotatable bonds is 3. The van der Waals surface area contributed by atoms with E-state index in [9.17, 15) is 4.79 Å². The molecule has 0 saturated heterocycles. The number of hydrogen-bond donors (Lipinski definition) is 1. The lowest BCUT2D eigenvalue weighted by atomic mass is 9.86. The summed E-state index contributed by atoms with van der Waals surface area (Å²) < 4.78 is 0. The molecule has 6 nitrogen and oxygen atoms in total. The van der Waals surface area contributed by atoms with Gasteiger partial charge in [0.2, 0.25) is 11.9 Å². The summed E-state index contributed by atoms with van der Waals surface area (Å²) in [5, 5.41) is 6.20. The van der Waals surface area contributed by atoms with Crippen LogP contribution in [0.15, 0.2) is 41.9 Å². The molecule has 1 aliphatic carbocycles. The van der Waals surface area contributed by atoms with Crippen molar-refractivity contribution < 1.29 is 4.79 Å². The number of nitrogens with zero attached hydrogens (tertiary/aromatic N) is 4. The third-order valence-corrected chi connectivity index (χ3v) is 6.36. The molecular formula is C22H19N5OS. The van der Waals surface area contributed by atoms with Crippen molar-refractivity contribution in [1.29, 1.82) is 0 Å². The summed E-state index contributed by atoms with van der Waals surface area (Å²) >= 11 is 1.69. The van der Waals surface area contributed by atoms with Gasteiger partial charge in [0.05, 0.1) is 22.5 Å². The predicted octanol–water partition coefficient (Wildman–Crippen LogP) is 4.75. The molecule has 7 heteroatoms. The second-order valence-corrected chi connectivity index (χ2v) is 8.31. The Morgan fingerprint density at radius 2 is 1.93 bits per heavy atom. The standard InChI is InChI=1S/C22H19N5OS/c1-12-5-3-6-15-13(2)24-22(26-20(12)15)27-21-23-11-16-17(25-21)9-14(10-18(16)28)19-7-4-8-29-19/h3-8,11,14H,9-10H2,1-2H3,(H,23,24,25,26,27). The van der Waals surface area contributed by atoms with E-state index < -0.39 is 0 Å². The number of nitrogens with one attached hydrogen (secondary N) is 1. The van der Waals surface area contributed by atoms with Crippen molar-refractivity contribution in [1.82, 2.24) is 19.9 Å². The van der Waals surface area contributed by atoms with Crippen LogP contribution in [-0.2, 0) is 6.42 Å². The highest BCUT2D eigenvalue weighted by atomic mass is 32.1. The van der Waals surface area contributed by atoms with Crippen molar-refractivity contribution in [2.24, 2.45) is 0 Å². The van der Waals surface area contributed by atoms with Gasteiger partial charge in [-0.25, -0.2) is 19.9 Å². The number of Topliss-reactive ketones (excluding diaryl/α,β-unsaturated/α-hetero) is 1. The summed E-state index contributed by atoms with van der Waals surface area (Å²) in [6.45, 7) is 4.00. The van der Waals surface area contributed by atoms with E-state index in [1.54, 1.807) is 17.5 Å². The zero-order valence-corrected chi connectivity index (χ0v) is 17.0. The minimum absolute atomic E-state index is 0.102. The quantitative estimate of drug-likeness (QED) is 0.533. The van der Waals surface area contributed by atoms with E-state index in [1.807, 2.05) is 43.5 Å². The molecule has 0 spiro atoms. The normalized spacial score (nSPS) is 16.1. The molecule has 0 radical (unpaired) electrons. The van der Waals surface area contributed by atoms with Gasteiger partial charge in [-0.3, -0.25) is 10.1 Å². The molecule has 1 atom stereocenters. The lowest BCUT2D eigenvalue weighted by Crippen LogP contribution is -2.20. The SMILES string of the molecule is Cc1nc(Nc2ncc3c(n2)CC(c2cccs2)CC3=O)nc2c(C)cccc12. The monoisotopic (exact) mass is 401 g/mol. The van der Waals surface area contributed by atoms with Crippen molar-refractivity contribution in [2.45, 2.75) is 32.6 Å². The third kappa shape index (κ3) is 3.27. The molecule has 0 aliphatic heterocycles. The largest absolute Gasteiger partial charge is 0.294 e. The minimum atomic E-state index is 0.102. The van der Waals surface area contributed by atoms with Gasteiger partial charge in [-0.1, -0.05) is 24.3 Å². The Balaban J connectivity index is 1.48. The van der Waals surface area contributed by atoms with E-state index in [2.05, 4.69) is 31.3 Å². The first kappa shape index (κ1) is 17.9. The average Bonchev–Trinajstić information content (AvgIpc) is 3.23. The van der Waals surface area contributed by atoms with E-state index in [0.29, 0.717) is 23.9 Å². The van der Waals surface area contributed by atoms with Crippen LogP contribution in [0.3, 0.4) is 0 Å². The van der Waals surface area contributed by atoms with Crippen LogP contribution >= 0.6 is 11.3 Å². The number of benzene rings is 1. The molecule has 3 aromatic heterocycles. The van der Waals surface area contributed by atoms with E-state index in [0.717, 1.165) is 34.3 Å². The smallest absolute Gasteiger partial charge is 0.230 e. The summed E-state index contributed by atoms with van der Waals surface area (Å²) in [6.07, 6.45) is 2.86. The molecule has 0 amide bonds. The Morgan fingerprint density at radius 1 is 1.03 bits per heavy atom. The number of hydrogen-bond acceptors (Lipinski definition) is 7. The molecule has 1 unspecified atom stereocenters. The van der Waals surface area contributed by atoms with Gasteiger partial charge in [-0.15, -0.1) is 11.3 Å². The molecule has 1 aromatic carbocycles. The lowest BCUT2D eigenvalue weighted by Gasteiger charge is -2.22. The molecule has 5 rings (SSSR count). The Morgan fingerprint density at radius 3 is 2.76 bits per heavy atom. The first-order valence-corrected chi connectivity index (χ1v) is 10.4. The van der Waals surface area contributed by atoms with Crippen LogP contribution in [0, 0.1) is 13.8 Å². The molecular weight excluding hydrogens is 382 g/mol. The van der Waals surface area contributed by atoms with Gasteiger partial charge >= 0.3 is 0 Å². The number of para-hydroxylation sites is 1. The zero-order chi connectivity index (χ0) is 20.0. The zero-order valence-electron chi connectivity index (χ0n) is 16.1. The molecule has 1 N–H and O–H groups in total. The first-order chi connectivity index (χ1) is 14.1. The Kier molecular flexibility index (Phi) is 4.32. The summed E-state index contributed by atoms with van der Waals surface area (Å²) in [5.41, 5.74) is 4.30. The number of thiophene rings is 1. The summed E-state index contributed by atoms with van der Waals surface area (Å²) in [4.78, 5) is 32.0. The fourth-order valence-corrected chi connectivity index (χ4v) is 4.67. The Bertz CT molecular complexity index is 1240. The lowest BCUT2D eigenvalue weighted by molar-refractivity contribution is 0.0963. The fourth-order valence-electron chi connectivity index (χ4n) is 3.84. The van der Waals surface area contributed by atoms with E-state index in [1.165, 1.54) is 4.88 Å². The molecule has 0 fully saturated rings. The third-order valence-electron chi connectivity index (χ3n) is 5.33. The predicted molar refractivity (Wildman–Crippen MR) is 114 cm³/mol. The average molecular weight is 401 g/mol. The molecule has 1 aliphatic rings. The molecule has 3 heterocycles. The van der Waals surface area contributed by atoms with Gasteiger partial charge in [0.25, 0.3) is 0 Å². The Hall–Kier alpha value is -3.19. The second kappa shape index (κ2) is 7.00. The second-order valence-electron chi connectivity index (χ2n) is 7.33. The topological polar surface area (TPSA) is 80.7 Å². The van der Waals surface area contributed by atoms with Crippen molar-refractivity contribution in [3.8, 4) is 0 Å². The van der Waals surface area contributed by atoms with Gasteiger partial charge in [0, 0.05) is 28.8 Å². The maximum absolute atomic E-state index is 12.6. The highest BCUT2D eigenvalue weighted by molar-refractivity contribution is 7.10. The molecule has 0 saturated carbocycles. The van der Waals surface area contributed by atoms with Gasteiger partial charge in [0.15, 0.2) is 5.78 Å².